The summed E-state index contributed by atoms with van der Waals surface area (Å²) in [4.78, 5) is 10.6. The van der Waals surface area contributed by atoms with Crippen molar-refractivity contribution in [3.63, 3.8) is 0 Å². The molecule has 4 nitrogen and oxygen atoms in total. The van der Waals surface area contributed by atoms with Crippen molar-refractivity contribution >= 4 is 16.6 Å². The third kappa shape index (κ3) is 1.29. The average Bonchev–Trinajstić information content (AvgIpc) is 2.50. The van der Waals surface area contributed by atoms with Crippen LogP contribution in [0.5, 0.6) is 0 Å². The number of aromatic nitrogens is 1. The Morgan fingerprint density at radius 3 is 2.60 bits per heavy atom. The average molecular weight is 204 g/mol. The molecule has 2 aromatic rings. The van der Waals surface area contributed by atoms with Gasteiger partial charge in [0.25, 0.3) is 5.69 Å². The first-order valence-corrected chi connectivity index (χ1v) is 4.72. The Labute approximate surface area is 87.3 Å². The van der Waals surface area contributed by atoms with E-state index in [-0.39, 0.29) is 10.6 Å². The summed E-state index contributed by atoms with van der Waals surface area (Å²) in [5, 5.41) is 11.6. The van der Waals surface area contributed by atoms with Crippen LogP contribution < -0.4 is 0 Å². The Morgan fingerprint density at radius 2 is 2.00 bits per heavy atom. The van der Waals surface area contributed by atoms with Crippen molar-refractivity contribution in [1.82, 2.24) is 4.57 Å². The molecule has 0 aliphatic rings. The van der Waals surface area contributed by atoms with Crippen molar-refractivity contribution in [3.05, 3.63) is 39.6 Å². The number of fused-ring (bicyclic) bond motifs is 1. The molecule has 0 fully saturated rings. The van der Waals surface area contributed by atoms with Crippen LogP contribution in [-0.4, -0.2) is 9.49 Å². The summed E-state index contributed by atoms with van der Waals surface area (Å²) in [6.45, 7) is 3.89. The number of nitro groups is 1. The van der Waals surface area contributed by atoms with Gasteiger partial charge in [-0.05, 0) is 31.0 Å². The fourth-order valence-electron chi connectivity index (χ4n) is 1.87. The van der Waals surface area contributed by atoms with Crippen LogP contribution in [0.15, 0.2) is 18.3 Å². The highest BCUT2D eigenvalue weighted by atomic mass is 16.6. The molecule has 0 aliphatic carbocycles. The number of rotatable bonds is 1. The first-order chi connectivity index (χ1) is 7.02. The van der Waals surface area contributed by atoms with Gasteiger partial charge < -0.3 is 4.57 Å². The normalized spacial score (nSPS) is 10.9. The molecule has 0 aliphatic heterocycles. The quantitative estimate of drug-likeness (QED) is 0.529. The molecule has 0 atom stereocenters. The summed E-state index contributed by atoms with van der Waals surface area (Å²) in [5.41, 5.74) is 3.16. The number of aryl methyl sites for hydroxylation is 3. The van der Waals surface area contributed by atoms with Gasteiger partial charge in [-0.25, -0.2) is 0 Å². The lowest BCUT2D eigenvalue weighted by Gasteiger charge is -2.01. The maximum atomic E-state index is 10.9. The third-order valence-electron chi connectivity index (χ3n) is 2.86. The van der Waals surface area contributed by atoms with E-state index in [2.05, 4.69) is 0 Å². The van der Waals surface area contributed by atoms with E-state index in [0.29, 0.717) is 0 Å². The fourth-order valence-corrected chi connectivity index (χ4v) is 1.87. The van der Waals surface area contributed by atoms with Gasteiger partial charge in [-0.3, -0.25) is 10.1 Å². The van der Waals surface area contributed by atoms with E-state index < -0.39 is 0 Å². The molecule has 1 heterocycles. The number of hydrogen-bond donors (Lipinski definition) is 0. The monoisotopic (exact) mass is 204 g/mol. The predicted octanol–water partition coefficient (Wildman–Crippen LogP) is 2.70. The van der Waals surface area contributed by atoms with Crippen LogP contribution in [0.25, 0.3) is 10.9 Å². The van der Waals surface area contributed by atoms with Gasteiger partial charge in [0.2, 0.25) is 0 Å². The molecule has 0 unspecified atom stereocenters. The molecule has 2 rings (SSSR count). The molecule has 0 saturated carbocycles. The van der Waals surface area contributed by atoms with Gasteiger partial charge >= 0.3 is 0 Å². The molecule has 1 aromatic carbocycles. The molecule has 1 aromatic heterocycles. The van der Waals surface area contributed by atoms with Crippen molar-refractivity contribution in [2.45, 2.75) is 13.8 Å². The van der Waals surface area contributed by atoms with Crippen LogP contribution in [0.4, 0.5) is 5.69 Å². The van der Waals surface area contributed by atoms with Gasteiger partial charge in [0.05, 0.1) is 22.0 Å². The molecule has 0 spiro atoms. The van der Waals surface area contributed by atoms with Gasteiger partial charge in [0.15, 0.2) is 0 Å². The zero-order valence-corrected chi connectivity index (χ0v) is 8.94. The van der Waals surface area contributed by atoms with E-state index in [1.54, 1.807) is 10.8 Å². The Hall–Kier alpha value is -1.84. The largest absolute Gasteiger partial charge is 0.344 e. The molecule has 0 amide bonds. The van der Waals surface area contributed by atoms with E-state index in [1.165, 1.54) is 0 Å². The van der Waals surface area contributed by atoms with Crippen LogP contribution in [0.2, 0.25) is 0 Å². The number of hydrogen-bond acceptors (Lipinski definition) is 2. The minimum atomic E-state index is -0.325. The standard InChI is InChI=1S/C11H12N2O2/c1-7-4-5-9-11(8(7)2)10(13(14)15)6-12(9)3/h4-6H,1-3H3. The first-order valence-electron chi connectivity index (χ1n) is 4.72. The second-order valence-corrected chi connectivity index (χ2v) is 3.78. The van der Waals surface area contributed by atoms with Gasteiger partial charge in [-0.2, -0.15) is 0 Å². The summed E-state index contributed by atoms with van der Waals surface area (Å²) in [6, 6.07) is 3.91. The van der Waals surface area contributed by atoms with E-state index >= 15 is 0 Å². The van der Waals surface area contributed by atoms with Crippen molar-refractivity contribution in [3.8, 4) is 0 Å². The zero-order chi connectivity index (χ0) is 11.2. The van der Waals surface area contributed by atoms with Gasteiger partial charge in [0.1, 0.15) is 0 Å². The van der Waals surface area contributed by atoms with Crippen LogP contribution >= 0.6 is 0 Å². The molecule has 15 heavy (non-hydrogen) atoms. The zero-order valence-electron chi connectivity index (χ0n) is 8.94. The lowest BCUT2D eigenvalue weighted by Crippen LogP contribution is -1.88. The summed E-state index contributed by atoms with van der Waals surface area (Å²) >= 11 is 0. The topological polar surface area (TPSA) is 48.1 Å². The van der Waals surface area contributed by atoms with Crippen LogP contribution in [0.1, 0.15) is 11.1 Å². The summed E-state index contributed by atoms with van der Waals surface area (Å²) in [6.07, 6.45) is 1.57. The minimum absolute atomic E-state index is 0.189. The second kappa shape index (κ2) is 3.08. The van der Waals surface area contributed by atoms with E-state index in [0.717, 1.165) is 22.0 Å². The number of benzene rings is 1. The van der Waals surface area contributed by atoms with Crippen molar-refractivity contribution in [2.75, 3.05) is 0 Å². The molecule has 0 saturated heterocycles. The van der Waals surface area contributed by atoms with Crippen molar-refractivity contribution in [1.29, 1.82) is 0 Å². The Bertz CT molecular complexity index is 555. The van der Waals surface area contributed by atoms with Gasteiger partial charge in [-0.1, -0.05) is 6.07 Å². The second-order valence-electron chi connectivity index (χ2n) is 3.78. The lowest BCUT2D eigenvalue weighted by atomic mass is 10.1. The highest BCUT2D eigenvalue weighted by Gasteiger charge is 2.18. The summed E-state index contributed by atoms with van der Waals surface area (Å²) < 4.78 is 1.79. The van der Waals surface area contributed by atoms with Gasteiger partial charge in [-0.15, -0.1) is 0 Å². The molecule has 78 valence electrons. The van der Waals surface area contributed by atoms with Crippen LogP contribution in [0.3, 0.4) is 0 Å². The van der Waals surface area contributed by atoms with Crippen LogP contribution in [-0.2, 0) is 7.05 Å². The molecule has 4 heteroatoms. The van der Waals surface area contributed by atoms with Crippen molar-refractivity contribution in [2.24, 2.45) is 7.05 Å². The van der Waals surface area contributed by atoms with E-state index in [9.17, 15) is 10.1 Å². The van der Waals surface area contributed by atoms with Gasteiger partial charge in [0, 0.05) is 7.05 Å². The maximum Gasteiger partial charge on any atom is 0.294 e. The predicted molar refractivity (Wildman–Crippen MR) is 59.0 cm³/mol. The number of nitrogens with zero attached hydrogens (tertiary/aromatic N) is 2. The highest BCUT2D eigenvalue weighted by molar-refractivity contribution is 5.93. The lowest BCUT2D eigenvalue weighted by molar-refractivity contribution is -0.383. The summed E-state index contributed by atoms with van der Waals surface area (Å²) in [5.74, 6) is 0. The minimum Gasteiger partial charge on any atom is -0.344 e. The SMILES string of the molecule is Cc1ccc2c(c([N+](=O)[O-])cn2C)c1C. The molecule has 0 radical (unpaired) electrons. The van der Waals surface area contributed by atoms with E-state index in [1.807, 2.05) is 33.0 Å². The molecular weight excluding hydrogens is 192 g/mol. The Balaban J connectivity index is 2.95. The van der Waals surface area contributed by atoms with E-state index in [4.69, 9.17) is 0 Å². The van der Waals surface area contributed by atoms with Crippen LogP contribution in [0, 0.1) is 24.0 Å². The smallest absolute Gasteiger partial charge is 0.294 e. The Kier molecular flexibility index (Phi) is 2.00. The molecular formula is C11H12N2O2. The summed E-state index contributed by atoms with van der Waals surface area (Å²) in [7, 11) is 1.82. The van der Waals surface area contributed by atoms with Crippen molar-refractivity contribution < 1.29 is 4.92 Å². The maximum absolute atomic E-state index is 10.9. The fraction of sp³-hybridized carbons (Fsp3) is 0.273. The highest BCUT2D eigenvalue weighted by Crippen LogP contribution is 2.31. The third-order valence-corrected chi connectivity index (χ3v) is 2.86. The molecule has 0 bridgehead atoms. The molecule has 0 N–H and O–H groups in total. The Morgan fingerprint density at radius 1 is 1.33 bits per heavy atom. The first kappa shape index (κ1) is 9.71.